The van der Waals surface area contributed by atoms with Crippen molar-refractivity contribution < 1.29 is 4.42 Å². The molecular formula is C10H18N4OS. The minimum Gasteiger partial charge on any atom is -0.407 e. The van der Waals surface area contributed by atoms with Gasteiger partial charge in [-0.3, -0.25) is 0 Å². The van der Waals surface area contributed by atoms with Gasteiger partial charge in [-0.2, -0.15) is 11.8 Å². The van der Waals surface area contributed by atoms with Crippen LogP contribution < -0.4 is 10.6 Å². The molecule has 1 aromatic heterocycles. The van der Waals surface area contributed by atoms with Crippen LogP contribution in [-0.4, -0.2) is 33.8 Å². The van der Waals surface area contributed by atoms with Crippen LogP contribution in [-0.2, 0) is 6.54 Å². The summed E-state index contributed by atoms with van der Waals surface area (Å²) in [7, 11) is 0. The van der Waals surface area contributed by atoms with Crippen LogP contribution in [0.2, 0.25) is 0 Å². The van der Waals surface area contributed by atoms with E-state index in [0.29, 0.717) is 30.5 Å². The van der Waals surface area contributed by atoms with Crippen LogP contribution in [0.4, 0.5) is 6.01 Å². The Morgan fingerprint density at radius 1 is 1.50 bits per heavy atom. The van der Waals surface area contributed by atoms with Gasteiger partial charge in [0.25, 0.3) is 0 Å². The monoisotopic (exact) mass is 242 g/mol. The lowest BCUT2D eigenvalue weighted by molar-refractivity contribution is 0.456. The van der Waals surface area contributed by atoms with Crippen LogP contribution in [0.1, 0.15) is 26.2 Å². The third-order valence-corrected chi connectivity index (χ3v) is 3.55. The van der Waals surface area contributed by atoms with Crippen molar-refractivity contribution in [1.29, 1.82) is 0 Å². The lowest BCUT2D eigenvalue weighted by Gasteiger charge is -2.07. The van der Waals surface area contributed by atoms with Gasteiger partial charge in [0.15, 0.2) is 0 Å². The standard InChI is InChI=1S/C10H18N4OS/c1-7(2)11-5-9-13-14-10(15-9)12-8-3-4-16-6-8/h7-8,11H,3-6H2,1-2H3,(H,12,14). The van der Waals surface area contributed by atoms with E-state index in [9.17, 15) is 0 Å². The molecule has 0 amide bonds. The zero-order chi connectivity index (χ0) is 11.4. The van der Waals surface area contributed by atoms with Gasteiger partial charge in [0.2, 0.25) is 5.89 Å². The van der Waals surface area contributed by atoms with E-state index in [2.05, 4.69) is 34.7 Å². The quantitative estimate of drug-likeness (QED) is 0.815. The third kappa shape index (κ3) is 3.38. The number of nitrogens with zero attached hydrogens (tertiary/aromatic N) is 2. The molecule has 1 aliphatic heterocycles. The molecule has 1 unspecified atom stereocenters. The molecule has 2 heterocycles. The molecule has 1 aliphatic rings. The second-order valence-corrected chi connectivity index (χ2v) is 5.39. The van der Waals surface area contributed by atoms with Crippen molar-refractivity contribution in [2.45, 2.75) is 38.9 Å². The normalized spacial score (nSPS) is 20.6. The molecule has 0 aliphatic carbocycles. The summed E-state index contributed by atoms with van der Waals surface area (Å²) in [5.41, 5.74) is 0. The average molecular weight is 242 g/mol. The van der Waals surface area contributed by atoms with Gasteiger partial charge >= 0.3 is 6.01 Å². The number of thioether (sulfide) groups is 1. The first kappa shape index (κ1) is 11.7. The molecule has 5 nitrogen and oxygen atoms in total. The maximum atomic E-state index is 5.49. The van der Waals surface area contributed by atoms with Crippen molar-refractivity contribution in [3.63, 3.8) is 0 Å². The molecule has 1 atom stereocenters. The predicted octanol–water partition coefficient (Wildman–Crippen LogP) is 1.48. The lowest BCUT2D eigenvalue weighted by atomic mass is 10.3. The van der Waals surface area contributed by atoms with Crippen LogP contribution in [0, 0.1) is 0 Å². The lowest BCUT2D eigenvalue weighted by Crippen LogP contribution is -2.22. The first-order chi connectivity index (χ1) is 7.74. The Bertz CT molecular complexity index is 322. The van der Waals surface area contributed by atoms with Crippen molar-refractivity contribution >= 4 is 17.8 Å². The van der Waals surface area contributed by atoms with Crippen LogP contribution in [0.15, 0.2) is 4.42 Å². The zero-order valence-corrected chi connectivity index (χ0v) is 10.5. The number of hydrogen-bond acceptors (Lipinski definition) is 6. The molecule has 2 rings (SSSR count). The van der Waals surface area contributed by atoms with Crippen LogP contribution in [0.3, 0.4) is 0 Å². The fraction of sp³-hybridized carbons (Fsp3) is 0.800. The van der Waals surface area contributed by atoms with Crippen LogP contribution in [0.25, 0.3) is 0 Å². The number of anilines is 1. The molecular weight excluding hydrogens is 224 g/mol. The highest BCUT2D eigenvalue weighted by molar-refractivity contribution is 7.99. The first-order valence-electron chi connectivity index (χ1n) is 5.64. The second kappa shape index (κ2) is 5.54. The van der Waals surface area contributed by atoms with E-state index >= 15 is 0 Å². The molecule has 0 spiro atoms. The van der Waals surface area contributed by atoms with Gasteiger partial charge in [0, 0.05) is 17.8 Å². The molecule has 0 radical (unpaired) electrons. The summed E-state index contributed by atoms with van der Waals surface area (Å²) < 4.78 is 5.49. The Balaban J connectivity index is 1.81. The topological polar surface area (TPSA) is 63.0 Å². The Hall–Kier alpha value is -0.750. The summed E-state index contributed by atoms with van der Waals surface area (Å²) in [5.74, 6) is 2.98. The van der Waals surface area contributed by atoms with Crippen molar-refractivity contribution in [3.8, 4) is 0 Å². The molecule has 0 saturated carbocycles. The molecule has 1 fully saturated rings. The van der Waals surface area contributed by atoms with Crippen LogP contribution >= 0.6 is 11.8 Å². The van der Waals surface area contributed by atoms with E-state index in [0.717, 1.165) is 5.75 Å². The van der Waals surface area contributed by atoms with E-state index in [4.69, 9.17) is 4.42 Å². The smallest absolute Gasteiger partial charge is 0.315 e. The van der Waals surface area contributed by atoms with Gasteiger partial charge in [-0.15, -0.1) is 5.10 Å². The fourth-order valence-corrected chi connectivity index (χ4v) is 2.65. The molecule has 90 valence electrons. The Morgan fingerprint density at radius 2 is 2.38 bits per heavy atom. The van der Waals surface area contributed by atoms with Crippen molar-refractivity contribution in [2.75, 3.05) is 16.8 Å². The largest absolute Gasteiger partial charge is 0.407 e. The number of rotatable bonds is 5. The van der Waals surface area contributed by atoms with Gasteiger partial charge < -0.3 is 15.1 Å². The average Bonchev–Trinajstić information content (AvgIpc) is 2.87. The number of aromatic nitrogens is 2. The number of nitrogens with one attached hydrogen (secondary N) is 2. The maximum absolute atomic E-state index is 5.49. The molecule has 1 aromatic rings. The van der Waals surface area contributed by atoms with Gasteiger partial charge in [0.05, 0.1) is 6.54 Å². The van der Waals surface area contributed by atoms with E-state index in [1.807, 2.05) is 11.8 Å². The first-order valence-corrected chi connectivity index (χ1v) is 6.79. The van der Waals surface area contributed by atoms with Crippen molar-refractivity contribution in [3.05, 3.63) is 5.89 Å². The highest BCUT2D eigenvalue weighted by Gasteiger charge is 2.17. The van der Waals surface area contributed by atoms with Gasteiger partial charge in [-0.25, -0.2) is 0 Å². The highest BCUT2D eigenvalue weighted by Crippen LogP contribution is 2.20. The Kier molecular flexibility index (Phi) is 4.06. The highest BCUT2D eigenvalue weighted by atomic mass is 32.2. The molecule has 1 saturated heterocycles. The predicted molar refractivity (Wildman–Crippen MR) is 65.6 cm³/mol. The Morgan fingerprint density at radius 3 is 3.06 bits per heavy atom. The molecule has 16 heavy (non-hydrogen) atoms. The molecule has 0 bridgehead atoms. The zero-order valence-electron chi connectivity index (χ0n) is 9.69. The molecule has 0 aromatic carbocycles. The second-order valence-electron chi connectivity index (χ2n) is 4.24. The molecule has 6 heteroatoms. The summed E-state index contributed by atoms with van der Waals surface area (Å²) in [6.07, 6.45) is 1.17. The van der Waals surface area contributed by atoms with E-state index in [1.165, 1.54) is 12.2 Å². The summed E-state index contributed by atoms with van der Waals surface area (Å²) in [5, 5.41) is 14.5. The van der Waals surface area contributed by atoms with Gasteiger partial charge in [-0.05, 0) is 12.2 Å². The third-order valence-electron chi connectivity index (χ3n) is 2.39. The van der Waals surface area contributed by atoms with E-state index in [-0.39, 0.29) is 0 Å². The molecule has 2 N–H and O–H groups in total. The summed E-state index contributed by atoms with van der Waals surface area (Å²) in [4.78, 5) is 0. The SMILES string of the molecule is CC(C)NCc1nnc(NC2CCSC2)o1. The Labute approximate surface area is 99.8 Å². The summed E-state index contributed by atoms with van der Waals surface area (Å²) >= 11 is 1.96. The fourth-order valence-electron chi connectivity index (χ4n) is 1.50. The van der Waals surface area contributed by atoms with Crippen LogP contribution in [0.5, 0.6) is 0 Å². The van der Waals surface area contributed by atoms with Crippen molar-refractivity contribution in [2.24, 2.45) is 0 Å². The minimum atomic E-state index is 0.426. The summed E-state index contributed by atoms with van der Waals surface area (Å²) in [6, 6.07) is 1.46. The minimum absolute atomic E-state index is 0.426. The van der Waals surface area contributed by atoms with E-state index in [1.54, 1.807) is 0 Å². The van der Waals surface area contributed by atoms with Gasteiger partial charge in [0.1, 0.15) is 0 Å². The number of hydrogen-bond donors (Lipinski definition) is 2. The maximum Gasteiger partial charge on any atom is 0.315 e. The van der Waals surface area contributed by atoms with E-state index < -0.39 is 0 Å². The van der Waals surface area contributed by atoms with Crippen molar-refractivity contribution in [1.82, 2.24) is 15.5 Å². The van der Waals surface area contributed by atoms with Gasteiger partial charge in [-0.1, -0.05) is 18.9 Å². The summed E-state index contributed by atoms with van der Waals surface area (Å²) in [6.45, 7) is 4.81.